The van der Waals surface area contributed by atoms with E-state index in [0.717, 1.165) is 34.4 Å². The van der Waals surface area contributed by atoms with Crippen LogP contribution in [0.3, 0.4) is 0 Å². The summed E-state index contributed by atoms with van der Waals surface area (Å²) in [6.45, 7) is 0. The van der Waals surface area contributed by atoms with Gasteiger partial charge in [-0.3, -0.25) is 4.79 Å². The van der Waals surface area contributed by atoms with Crippen LogP contribution in [0.15, 0.2) is 35.0 Å². The van der Waals surface area contributed by atoms with Crippen LogP contribution in [0.5, 0.6) is 0 Å². The van der Waals surface area contributed by atoms with Gasteiger partial charge in [-0.25, -0.2) is 0 Å². The van der Waals surface area contributed by atoms with Crippen molar-refractivity contribution < 1.29 is 4.79 Å². The molecule has 0 radical (unpaired) electrons. The Balaban J connectivity index is 2.05. The van der Waals surface area contributed by atoms with Crippen LogP contribution in [0, 0.1) is 0 Å². The lowest BCUT2D eigenvalue weighted by molar-refractivity contribution is -0.110. The molecule has 3 rings (SSSR count). The maximum Gasteiger partial charge on any atom is 0.256 e. The largest absolute Gasteiger partial charge is 0.321 e. The standard InChI is InChI=1S/C15H12ClNOS/c16-5-3-10-1-2-14-12(7-10)13(15(18)17-14)8-11-4-6-19-9-11/h1-2,4,6-9H,3,5H2,(H,17,18). The van der Waals surface area contributed by atoms with Crippen molar-refractivity contribution in [1.29, 1.82) is 0 Å². The number of benzene rings is 1. The minimum atomic E-state index is -0.0378. The normalized spacial score (nSPS) is 15.6. The molecule has 1 aliphatic rings. The van der Waals surface area contributed by atoms with Crippen molar-refractivity contribution in [3.05, 3.63) is 51.7 Å². The van der Waals surface area contributed by atoms with Crippen LogP contribution in [0.25, 0.3) is 11.6 Å². The number of carbonyl (C=O) groups is 1. The van der Waals surface area contributed by atoms with E-state index in [1.54, 1.807) is 11.3 Å². The second-order valence-electron chi connectivity index (χ2n) is 4.39. The SMILES string of the molecule is O=C1Nc2ccc(CCCl)cc2C1=Cc1ccsc1. The van der Waals surface area contributed by atoms with Gasteiger partial charge in [-0.2, -0.15) is 11.3 Å². The fraction of sp³-hybridized carbons (Fsp3) is 0.133. The number of hydrogen-bond acceptors (Lipinski definition) is 2. The van der Waals surface area contributed by atoms with Gasteiger partial charge in [-0.15, -0.1) is 11.6 Å². The zero-order valence-electron chi connectivity index (χ0n) is 10.2. The van der Waals surface area contributed by atoms with Gasteiger partial charge in [0.05, 0.1) is 0 Å². The van der Waals surface area contributed by atoms with Gasteiger partial charge in [-0.05, 0) is 52.6 Å². The molecule has 0 unspecified atom stereocenters. The maximum atomic E-state index is 12.0. The number of alkyl halides is 1. The third-order valence-electron chi connectivity index (χ3n) is 3.10. The molecule has 2 nitrogen and oxygen atoms in total. The van der Waals surface area contributed by atoms with Crippen LogP contribution in [0.2, 0.25) is 0 Å². The number of hydrogen-bond donors (Lipinski definition) is 1. The topological polar surface area (TPSA) is 29.1 Å². The summed E-state index contributed by atoms with van der Waals surface area (Å²) in [7, 11) is 0. The van der Waals surface area contributed by atoms with E-state index in [0.29, 0.717) is 5.88 Å². The first-order valence-corrected chi connectivity index (χ1v) is 7.50. The predicted octanol–water partition coefficient (Wildman–Crippen LogP) is 4.02. The summed E-state index contributed by atoms with van der Waals surface area (Å²) in [4.78, 5) is 12.0. The molecule has 1 amide bonds. The minimum Gasteiger partial charge on any atom is -0.321 e. The zero-order valence-corrected chi connectivity index (χ0v) is 11.7. The van der Waals surface area contributed by atoms with Crippen LogP contribution < -0.4 is 5.32 Å². The first kappa shape index (κ1) is 12.5. The fourth-order valence-electron chi connectivity index (χ4n) is 2.17. The molecule has 0 saturated heterocycles. The van der Waals surface area contributed by atoms with Crippen LogP contribution in [-0.4, -0.2) is 11.8 Å². The summed E-state index contributed by atoms with van der Waals surface area (Å²) in [5.41, 5.74) is 4.79. The molecule has 1 aromatic heterocycles. The molecule has 2 heterocycles. The van der Waals surface area contributed by atoms with E-state index >= 15 is 0 Å². The molecular formula is C15H12ClNOS. The Labute approximate surface area is 120 Å². The number of carbonyl (C=O) groups excluding carboxylic acids is 1. The lowest BCUT2D eigenvalue weighted by Crippen LogP contribution is -2.03. The van der Waals surface area contributed by atoms with E-state index < -0.39 is 0 Å². The van der Waals surface area contributed by atoms with Crippen LogP contribution >= 0.6 is 22.9 Å². The summed E-state index contributed by atoms with van der Waals surface area (Å²) in [5, 5.41) is 6.93. The second-order valence-corrected chi connectivity index (χ2v) is 5.55. The highest BCUT2D eigenvalue weighted by molar-refractivity contribution is 7.08. The van der Waals surface area contributed by atoms with Crippen molar-refractivity contribution in [2.75, 3.05) is 11.2 Å². The zero-order chi connectivity index (χ0) is 13.2. The molecule has 1 aromatic carbocycles. The number of fused-ring (bicyclic) bond motifs is 1. The first-order chi connectivity index (χ1) is 9.28. The van der Waals surface area contributed by atoms with E-state index in [1.807, 2.05) is 41.1 Å². The summed E-state index contributed by atoms with van der Waals surface area (Å²) in [5.74, 6) is 0.549. The Bertz CT molecular complexity index is 646. The second kappa shape index (κ2) is 5.19. The molecule has 0 spiro atoms. The van der Waals surface area contributed by atoms with Gasteiger partial charge in [-0.1, -0.05) is 6.07 Å². The van der Waals surface area contributed by atoms with Crippen LogP contribution in [0.1, 0.15) is 16.7 Å². The Hall–Kier alpha value is -1.58. The Kier molecular flexibility index (Phi) is 3.40. The van der Waals surface area contributed by atoms with E-state index in [9.17, 15) is 4.79 Å². The molecule has 0 atom stereocenters. The molecule has 0 aliphatic carbocycles. The monoisotopic (exact) mass is 289 g/mol. The highest BCUT2D eigenvalue weighted by Crippen LogP contribution is 2.34. The van der Waals surface area contributed by atoms with Gasteiger partial charge in [0.25, 0.3) is 5.91 Å². The summed E-state index contributed by atoms with van der Waals surface area (Å²) in [6, 6.07) is 8.01. The van der Waals surface area contributed by atoms with Crippen molar-refractivity contribution in [2.24, 2.45) is 0 Å². The van der Waals surface area contributed by atoms with Crippen molar-refractivity contribution in [3.8, 4) is 0 Å². The van der Waals surface area contributed by atoms with Crippen LogP contribution in [-0.2, 0) is 11.2 Å². The quantitative estimate of drug-likeness (QED) is 0.671. The number of anilines is 1. The van der Waals surface area contributed by atoms with Gasteiger partial charge in [0, 0.05) is 22.7 Å². The van der Waals surface area contributed by atoms with Crippen molar-refractivity contribution in [2.45, 2.75) is 6.42 Å². The van der Waals surface area contributed by atoms with E-state index in [1.165, 1.54) is 0 Å². The molecule has 19 heavy (non-hydrogen) atoms. The van der Waals surface area contributed by atoms with Gasteiger partial charge >= 0.3 is 0 Å². The number of aryl methyl sites for hydroxylation is 1. The smallest absolute Gasteiger partial charge is 0.256 e. The lowest BCUT2D eigenvalue weighted by atomic mass is 10.0. The molecule has 4 heteroatoms. The van der Waals surface area contributed by atoms with E-state index in [-0.39, 0.29) is 5.91 Å². The molecular weight excluding hydrogens is 278 g/mol. The van der Waals surface area contributed by atoms with Gasteiger partial charge < -0.3 is 5.32 Å². The molecule has 1 N–H and O–H groups in total. The van der Waals surface area contributed by atoms with Crippen LogP contribution in [0.4, 0.5) is 5.69 Å². The van der Waals surface area contributed by atoms with Crippen molar-refractivity contribution in [3.63, 3.8) is 0 Å². The van der Waals surface area contributed by atoms with Gasteiger partial charge in [0.2, 0.25) is 0 Å². The first-order valence-electron chi connectivity index (χ1n) is 6.02. The Morgan fingerprint density at radius 2 is 2.21 bits per heavy atom. The molecule has 2 aromatic rings. The number of nitrogens with one attached hydrogen (secondary N) is 1. The van der Waals surface area contributed by atoms with E-state index in [4.69, 9.17) is 11.6 Å². The highest BCUT2D eigenvalue weighted by atomic mass is 35.5. The Morgan fingerprint density at radius 3 is 2.95 bits per heavy atom. The van der Waals surface area contributed by atoms with Crippen molar-refractivity contribution >= 4 is 46.2 Å². The molecule has 1 aliphatic heterocycles. The summed E-state index contributed by atoms with van der Waals surface area (Å²) < 4.78 is 0. The molecule has 0 saturated carbocycles. The number of thiophene rings is 1. The predicted molar refractivity (Wildman–Crippen MR) is 81.7 cm³/mol. The third-order valence-corrected chi connectivity index (χ3v) is 3.99. The Morgan fingerprint density at radius 1 is 1.32 bits per heavy atom. The average Bonchev–Trinajstić information content (AvgIpc) is 3.00. The highest BCUT2D eigenvalue weighted by Gasteiger charge is 2.24. The van der Waals surface area contributed by atoms with Gasteiger partial charge in [0.1, 0.15) is 0 Å². The van der Waals surface area contributed by atoms with E-state index in [2.05, 4.69) is 5.32 Å². The third kappa shape index (κ3) is 2.44. The van der Waals surface area contributed by atoms with Gasteiger partial charge in [0.15, 0.2) is 0 Å². The maximum absolute atomic E-state index is 12.0. The number of halogens is 1. The number of rotatable bonds is 3. The summed E-state index contributed by atoms with van der Waals surface area (Å²) >= 11 is 7.39. The fourth-order valence-corrected chi connectivity index (χ4v) is 3.00. The molecule has 0 fully saturated rings. The lowest BCUT2D eigenvalue weighted by Gasteiger charge is -2.02. The summed E-state index contributed by atoms with van der Waals surface area (Å²) in [6.07, 6.45) is 2.75. The molecule has 96 valence electrons. The minimum absolute atomic E-state index is 0.0378. The number of amides is 1. The average molecular weight is 290 g/mol. The molecule has 0 bridgehead atoms. The van der Waals surface area contributed by atoms with Crippen molar-refractivity contribution in [1.82, 2.24) is 0 Å².